The minimum atomic E-state index is -1.06. The number of azide groups is 1. The molecule has 22 heavy (non-hydrogen) atoms. The van der Waals surface area contributed by atoms with Crippen molar-refractivity contribution in [1.29, 1.82) is 0 Å². The van der Waals surface area contributed by atoms with Crippen molar-refractivity contribution in [3.8, 4) is 0 Å². The summed E-state index contributed by atoms with van der Waals surface area (Å²) in [7, 11) is 1.66. The molecular weight excluding hydrogens is 290 g/mol. The van der Waals surface area contributed by atoms with Crippen LogP contribution >= 0.6 is 0 Å². The summed E-state index contributed by atoms with van der Waals surface area (Å²) >= 11 is 0. The normalized spacial score (nSPS) is 24.9. The lowest BCUT2D eigenvalue weighted by Crippen LogP contribution is -2.54. The second-order valence-electron chi connectivity index (χ2n) is 5.53. The second kappa shape index (κ2) is 6.20. The van der Waals surface area contributed by atoms with Gasteiger partial charge in [-0.2, -0.15) is 5.10 Å². The lowest BCUT2D eigenvalue weighted by Gasteiger charge is -2.44. The van der Waals surface area contributed by atoms with Crippen LogP contribution in [0, 0.1) is 16.0 Å². The molecule has 1 N–H and O–H groups in total. The van der Waals surface area contributed by atoms with Crippen LogP contribution in [0.4, 0.5) is 11.5 Å². The molecule has 120 valence electrons. The molecule has 1 aliphatic heterocycles. The highest BCUT2D eigenvalue weighted by Gasteiger charge is 2.42. The Balaban J connectivity index is 2.26. The van der Waals surface area contributed by atoms with Crippen LogP contribution < -0.4 is 4.90 Å². The van der Waals surface area contributed by atoms with E-state index in [2.05, 4.69) is 15.1 Å². The molecule has 2 rings (SSSR count). The van der Waals surface area contributed by atoms with Gasteiger partial charge in [0.2, 0.25) is 5.82 Å². The minimum Gasteiger partial charge on any atom is -0.389 e. The Labute approximate surface area is 127 Å². The van der Waals surface area contributed by atoms with Crippen LogP contribution in [-0.4, -0.2) is 45.0 Å². The molecule has 0 amide bonds. The molecule has 2 heterocycles. The van der Waals surface area contributed by atoms with E-state index in [0.717, 1.165) is 0 Å². The number of anilines is 1. The molecule has 2 unspecified atom stereocenters. The van der Waals surface area contributed by atoms with E-state index in [4.69, 9.17) is 5.53 Å². The van der Waals surface area contributed by atoms with Gasteiger partial charge in [0, 0.05) is 31.0 Å². The minimum absolute atomic E-state index is 0.0172. The summed E-state index contributed by atoms with van der Waals surface area (Å²) in [6.45, 7) is 2.85. The number of aryl methyl sites for hydroxylation is 1. The quantitative estimate of drug-likeness (QED) is 0.290. The summed E-state index contributed by atoms with van der Waals surface area (Å²) in [6.07, 6.45) is 2.30. The van der Waals surface area contributed by atoms with E-state index in [1.54, 1.807) is 7.05 Å². The van der Waals surface area contributed by atoms with Gasteiger partial charge in [0.25, 0.3) is 0 Å². The molecule has 0 aromatic carbocycles. The number of rotatable bonds is 5. The van der Waals surface area contributed by atoms with Crippen molar-refractivity contribution in [2.45, 2.75) is 25.4 Å². The summed E-state index contributed by atoms with van der Waals surface area (Å²) in [5.41, 5.74) is 7.35. The maximum absolute atomic E-state index is 11.1. The monoisotopic (exact) mass is 309 g/mol. The topological polar surface area (TPSA) is 133 Å². The molecular formula is C12H19N7O3. The first kappa shape index (κ1) is 16.1. The predicted octanol–water partition coefficient (Wildman–Crippen LogP) is 1.61. The van der Waals surface area contributed by atoms with Crippen molar-refractivity contribution < 1.29 is 10.0 Å². The summed E-state index contributed by atoms with van der Waals surface area (Å²) in [4.78, 5) is 15.2. The molecule has 0 bridgehead atoms. The van der Waals surface area contributed by atoms with Gasteiger partial charge < -0.3 is 10.0 Å². The Morgan fingerprint density at radius 1 is 1.73 bits per heavy atom. The standard InChI is InChI=1S/C12H19N7O3/c1-3-9-7-18(5-4-12(9,20)8-14-16-13)11-10(19(21)22)6-15-17(11)2/h6,9,20H,3-5,7-8H2,1-2H3. The molecule has 10 heteroatoms. The molecule has 1 saturated heterocycles. The molecule has 1 fully saturated rings. The Morgan fingerprint density at radius 2 is 2.45 bits per heavy atom. The third-order valence-corrected chi connectivity index (χ3v) is 4.30. The van der Waals surface area contributed by atoms with Gasteiger partial charge in [-0.25, -0.2) is 4.68 Å². The molecule has 1 aromatic rings. The lowest BCUT2D eigenvalue weighted by molar-refractivity contribution is -0.384. The van der Waals surface area contributed by atoms with Crippen LogP contribution in [0.1, 0.15) is 19.8 Å². The van der Waals surface area contributed by atoms with Crippen LogP contribution in [0.15, 0.2) is 11.3 Å². The van der Waals surface area contributed by atoms with E-state index in [1.165, 1.54) is 10.9 Å². The fraction of sp³-hybridized carbons (Fsp3) is 0.750. The number of hydrogen-bond donors (Lipinski definition) is 1. The van der Waals surface area contributed by atoms with Crippen LogP contribution in [0.5, 0.6) is 0 Å². The van der Waals surface area contributed by atoms with E-state index < -0.39 is 10.5 Å². The van der Waals surface area contributed by atoms with Gasteiger partial charge in [-0.1, -0.05) is 12.0 Å². The zero-order chi connectivity index (χ0) is 16.3. The highest BCUT2D eigenvalue weighted by molar-refractivity contribution is 5.58. The van der Waals surface area contributed by atoms with E-state index in [9.17, 15) is 15.2 Å². The molecule has 0 spiro atoms. The maximum Gasteiger partial charge on any atom is 0.331 e. The first-order valence-electron chi connectivity index (χ1n) is 7.07. The largest absolute Gasteiger partial charge is 0.389 e. The summed E-state index contributed by atoms with van der Waals surface area (Å²) in [5.74, 6) is 0.301. The van der Waals surface area contributed by atoms with Crippen LogP contribution in [0.25, 0.3) is 10.4 Å². The number of aromatic nitrogens is 2. The second-order valence-corrected chi connectivity index (χ2v) is 5.53. The molecule has 10 nitrogen and oxygen atoms in total. The van der Waals surface area contributed by atoms with Gasteiger partial charge in [0.1, 0.15) is 6.20 Å². The van der Waals surface area contributed by atoms with Gasteiger partial charge >= 0.3 is 5.69 Å². The highest BCUT2D eigenvalue weighted by atomic mass is 16.6. The average Bonchev–Trinajstić information content (AvgIpc) is 2.88. The molecule has 2 atom stereocenters. The van der Waals surface area contributed by atoms with E-state index in [0.29, 0.717) is 31.7 Å². The van der Waals surface area contributed by atoms with Gasteiger partial charge in [-0.3, -0.25) is 10.1 Å². The van der Waals surface area contributed by atoms with Crippen molar-refractivity contribution in [3.63, 3.8) is 0 Å². The fourth-order valence-electron chi connectivity index (χ4n) is 3.04. The zero-order valence-electron chi connectivity index (χ0n) is 12.6. The van der Waals surface area contributed by atoms with Crippen molar-refractivity contribution in [2.75, 3.05) is 24.5 Å². The molecule has 1 aromatic heterocycles. The SMILES string of the molecule is CCC1CN(c2c([N+](=O)[O-])cnn2C)CCC1(O)CN=[N+]=[N-]. The Kier molecular flexibility index (Phi) is 4.53. The number of nitro groups is 1. The van der Waals surface area contributed by atoms with Crippen molar-refractivity contribution in [1.82, 2.24) is 9.78 Å². The molecule has 0 radical (unpaired) electrons. The zero-order valence-corrected chi connectivity index (χ0v) is 12.6. The predicted molar refractivity (Wildman–Crippen MR) is 79.4 cm³/mol. The van der Waals surface area contributed by atoms with Gasteiger partial charge in [0.15, 0.2) is 0 Å². The Bertz CT molecular complexity index is 610. The first-order valence-corrected chi connectivity index (χ1v) is 7.07. The number of hydrogen-bond acceptors (Lipinski definition) is 6. The number of nitrogens with zero attached hydrogens (tertiary/aromatic N) is 7. The van der Waals surface area contributed by atoms with Gasteiger partial charge in [0.05, 0.1) is 17.1 Å². The third kappa shape index (κ3) is 2.83. The molecule has 0 saturated carbocycles. The summed E-state index contributed by atoms with van der Waals surface area (Å²) in [6, 6.07) is 0. The number of piperidine rings is 1. The smallest absolute Gasteiger partial charge is 0.331 e. The summed E-state index contributed by atoms with van der Waals surface area (Å²) in [5, 5.41) is 29.3. The lowest BCUT2D eigenvalue weighted by atomic mass is 9.79. The van der Waals surface area contributed by atoms with Crippen molar-refractivity contribution in [2.24, 2.45) is 18.1 Å². The van der Waals surface area contributed by atoms with E-state index in [1.807, 2.05) is 11.8 Å². The first-order chi connectivity index (χ1) is 10.4. The van der Waals surface area contributed by atoms with E-state index >= 15 is 0 Å². The van der Waals surface area contributed by atoms with Crippen LogP contribution in [0.3, 0.4) is 0 Å². The Morgan fingerprint density at radius 3 is 3.05 bits per heavy atom. The Hall–Kier alpha value is -2.32. The highest BCUT2D eigenvalue weighted by Crippen LogP contribution is 2.36. The number of aliphatic hydroxyl groups is 1. The average molecular weight is 309 g/mol. The molecule has 1 aliphatic rings. The van der Waals surface area contributed by atoms with Crippen molar-refractivity contribution >= 4 is 11.5 Å². The maximum atomic E-state index is 11.1. The van der Waals surface area contributed by atoms with Crippen LogP contribution in [0.2, 0.25) is 0 Å². The fourth-order valence-corrected chi connectivity index (χ4v) is 3.04. The van der Waals surface area contributed by atoms with E-state index in [-0.39, 0.29) is 18.2 Å². The van der Waals surface area contributed by atoms with Crippen molar-refractivity contribution in [3.05, 3.63) is 26.8 Å². The van der Waals surface area contributed by atoms with Gasteiger partial charge in [-0.05, 0) is 18.4 Å². The van der Waals surface area contributed by atoms with Gasteiger partial charge in [-0.15, -0.1) is 0 Å². The van der Waals surface area contributed by atoms with Crippen LogP contribution in [-0.2, 0) is 7.05 Å². The summed E-state index contributed by atoms with van der Waals surface area (Å²) < 4.78 is 1.47. The molecule has 0 aliphatic carbocycles. The third-order valence-electron chi connectivity index (χ3n) is 4.30.